The molecule has 0 radical (unpaired) electrons. The first-order valence-corrected chi connectivity index (χ1v) is 6.85. The summed E-state index contributed by atoms with van der Waals surface area (Å²) in [6, 6.07) is 0.430. The molecule has 1 saturated carbocycles. The molecule has 17 heavy (non-hydrogen) atoms. The molecule has 4 atom stereocenters. The molecule has 1 aliphatic heterocycles. The van der Waals surface area contributed by atoms with Crippen molar-refractivity contribution in [3.8, 4) is 0 Å². The van der Waals surface area contributed by atoms with Crippen LogP contribution < -0.4 is 11.1 Å². The fraction of sp³-hybridized carbons (Fsp3) is 0.923. The van der Waals surface area contributed by atoms with Crippen molar-refractivity contribution in [2.75, 3.05) is 19.6 Å². The van der Waals surface area contributed by atoms with E-state index >= 15 is 0 Å². The van der Waals surface area contributed by atoms with E-state index < -0.39 is 0 Å². The summed E-state index contributed by atoms with van der Waals surface area (Å²) in [6.45, 7) is 7.28. The normalized spacial score (nSPS) is 40.1. The van der Waals surface area contributed by atoms with E-state index in [-0.39, 0.29) is 11.9 Å². The van der Waals surface area contributed by atoms with Crippen molar-refractivity contribution < 1.29 is 4.79 Å². The Kier molecular flexibility index (Phi) is 4.05. The summed E-state index contributed by atoms with van der Waals surface area (Å²) in [4.78, 5) is 13.9. The molecule has 98 valence electrons. The fourth-order valence-electron chi connectivity index (χ4n) is 3.35. The van der Waals surface area contributed by atoms with Crippen molar-refractivity contribution in [2.45, 2.75) is 45.2 Å². The van der Waals surface area contributed by atoms with E-state index in [0.29, 0.717) is 18.5 Å². The van der Waals surface area contributed by atoms with E-state index in [4.69, 9.17) is 5.73 Å². The van der Waals surface area contributed by atoms with E-state index in [1.165, 1.54) is 19.3 Å². The molecule has 3 N–H and O–H groups in total. The molecule has 1 heterocycles. The molecular formula is C13H25N3O. The summed E-state index contributed by atoms with van der Waals surface area (Å²) in [5, 5.41) is 3.27. The first-order chi connectivity index (χ1) is 8.09. The molecule has 4 unspecified atom stereocenters. The van der Waals surface area contributed by atoms with Crippen molar-refractivity contribution in [3.05, 3.63) is 0 Å². The van der Waals surface area contributed by atoms with E-state index in [1.54, 1.807) is 0 Å². The highest BCUT2D eigenvalue weighted by molar-refractivity contribution is 5.80. The third kappa shape index (κ3) is 2.80. The maximum Gasteiger partial charge on any atom is 0.236 e. The molecule has 1 amide bonds. The van der Waals surface area contributed by atoms with Crippen molar-refractivity contribution in [2.24, 2.45) is 17.6 Å². The van der Waals surface area contributed by atoms with Crippen LogP contribution in [-0.4, -0.2) is 42.5 Å². The molecular weight excluding hydrogens is 214 g/mol. The molecule has 1 saturated heterocycles. The quantitative estimate of drug-likeness (QED) is 0.741. The Morgan fingerprint density at radius 1 is 1.35 bits per heavy atom. The van der Waals surface area contributed by atoms with Gasteiger partial charge in [-0.05, 0) is 24.7 Å². The van der Waals surface area contributed by atoms with Crippen molar-refractivity contribution in [1.82, 2.24) is 10.2 Å². The van der Waals surface area contributed by atoms with Crippen LogP contribution in [0.3, 0.4) is 0 Å². The number of piperazine rings is 1. The van der Waals surface area contributed by atoms with Gasteiger partial charge >= 0.3 is 0 Å². The second kappa shape index (κ2) is 5.36. The Hall–Kier alpha value is -0.610. The molecule has 0 aromatic carbocycles. The Morgan fingerprint density at radius 2 is 2.12 bits per heavy atom. The third-order valence-corrected chi connectivity index (χ3v) is 4.45. The maximum absolute atomic E-state index is 11.5. The van der Waals surface area contributed by atoms with Gasteiger partial charge in [0.1, 0.15) is 6.04 Å². The Labute approximate surface area is 104 Å². The molecule has 1 aliphatic carbocycles. The van der Waals surface area contributed by atoms with Crippen LogP contribution in [0.5, 0.6) is 0 Å². The summed E-state index contributed by atoms with van der Waals surface area (Å²) < 4.78 is 0. The minimum Gasteiger partial charge on any atom is -0.368 e. The average Bonchev–Trinajstić information content (AvgIpc) is 2.32. The minimum atomic E-state index is -0.178. The van der Waals surface area contributed by atoms with Gasteiger partial charge in [0.2, 0.25) is 5.91 Å². The molecule has 4 nitrogen and oxygen atoms in total. The lowest BCUT2D eigenvalue weighted by Gasteiger charge is -2.45. The van der Waals surface area contributed by atoms with Crippen molar-refractivity contribution >= 4 is 5.91 Å². The fourth-order valence-corrected chi connectivity index (χ4v) is 3.35. The first-order valence-electron chi connectivity index (χ1n) is 6.85. The number of rotatable bonds is 2. The van der Waals surface area contributed by atoms with Gasteiger partial charge in [-0.3, -0.25) is 9.69 Å². The standard InChI is InChI=1S/C13H25N3O/c1-9-3-4-10(2)11(7-9)16-6-5-15-8-12(16)13(14)17/h9-12,15H,3-8H2,1-2H3,(H2,14,17). The summed E-state index contributed by atoms with van der Waals surface area (Å²) in [5.74, 6) is 1.29. The maximum atomic E-state index is 11.5. The predicted octanol–water partition coefficient (Wildman–Crippen LogP) is 0.570. The number of amides is 1. The van der Waals surface area contributed by atoms with Gasteiger partial charge in [-0.15, -0.1) is 0 Å². The monoisotopic (exact) mass is 239 g/mol. The smallest absolute Gasteiger partial charge is 0.236 e. The second-order valence-corrected chi connectivity index (χ2v) is 5.82. The third-order valence-electron chi connectivity index (χ3n) is 4.45. The molecule has 0 aromatic heterocycles. The van der Waals surface area contributed by atoms with Gasteiger partial charge in [-0.1, -0.05) is 20.3 Å². The number of hydrogen-bond acceptors (Lipinski definition) is 3. The van der Waals surface area contributed by atoms with Crippen LogP contribution in [0.15, 0.2) is 0 Å². The van der Waals surface area contributed by atoms with Gasteiger partial charge < -0.3 is 11.1 Å². The minimum absolute atomic E-state index is 0.110. The van der Waals surface area contributed by atoms with Crippen LogP contribution in [0.4, 0.5) is 0 Å². The number of nitrogens with two attached hydrogens (primary N) is 1. The second-order valence-electron chi connectivity index (χ2n) is 5.82. The van der Waals surface area contributed by atoms with Crippen LogP contribution in [0.25, 0.3) is 0 Å². The highest BCUT2D eigenvalue weighted by Gasteiger charge is 2.37. The lowest BCUT2D eigenvalue weighted by molar-refractivity contribution is -0.126. The van der Waals surface area contributed by atoms with Gasteiger partial charge in [0, 0.05) is 25.7 Å². The Morgan fingerprint density at radius 3 is 2.82 bits per heavy atom. The number of carbonyl (C=O) groups excluding carboxylic acids is 1. The van der Waals surface area contributed by atoms with E-state index in [1.807, 2.05) is 0 Å². The Balaban J connectivity index is 2.09. The molecule has 2 rings (SSSR count). The summed E-state index contributed by atoms with van der Waals surface area (Å²) >= 11 is 0. The summed E-state index contributed by atoms with van der Waals surface area (Å²) in [5.41, 5.74) is 5.52. The molecule has 2 aliphatic rings. The van der Waals surface area contributed by atoms with Crippen LogP contribution in [0.1, 0.15) is 33.1 Å². The highest BCUT2D eigenvalue weighted by Crippen LogP contribution is 2.33. The molecule has 0 spiro atoms. The largest absolute Gasteiger partial charge is 0.368 e. The lowest BCUT2D eigenvalue weighted by atomic mass is 9.78. The van der Waals surface area contributed by atoms with Crippen LogP contribution in [0, 0.1) is 11.8 Å². The number of primary amides is 1. The first kappa shape index (κ1) is 12.8. The summed E-state index contributed by atoms with van der Waals surface area (Å²) in [6.07, 6.45) is 3.82. The van der Waals surface area contributed by atoms with E-state index in [2.05, 4.69) is 24.1 Å². The Bertz CT molecular complexity index is 282. The van der Waals surface area contributed by atoms with Gasteiger partial charge in [-0.2, -0.15) is 0 Å². The van der Waals surface area contributed by atoms with Crippen molar-refractivity contribution in [3.63, 3.8) is 0 Å². The topological polar surface area (TPSA) is 58.4 Å². The molecule has 2 fully saturated rings. The number of hydrogen-bond donors (Lipinski definition) is 2. The van der Waals surface area contributed by atoms with Gasteiger partial charge in [0.05, 0.1) is 0 Å². The zero-order valence-electron chi connectivity index (χ0n) is 11.0. The van der Waals surface area contributed by atoms with Gasteiger partial charge in [-0.25, -0.2) is 0 Å². The zero-order valence-corrected chi connectivity index (χ0v) is 11.0. The van der Waals surface area contributed by atoms with Crippen LogP contribution >= 0.6 is 0 Å². The van der Waals surface area contributed by atoms with E-state index in [0.717, 1.165) is 19.0 Å². The highest BCUT2D eigenvalue weighted by atomic mass is 16.1. The number of nitrogens with one attached hydrogen (secondary N) is 1. The van der Waals surface area contributed by atoms with Crippen LogP contribution in [-0.2, 0) is 4.79 Å². The summed E-state index contributed by atoms with van der Waals surface area (Å²) in [7, 11) is 0. The molecule has 0 aromatic rings. The SMILES string of the molecule is CC1CCC(C)C(N2CCNCC2C(N)=O)C1. The van der Waals surface area contributed by atoms with E-state index in [9.17, 15) is 4.79 Å². The predicted molar refractivity (Wildman–Crippen MR) is 68.5 cm³/mol. The lowest BCUT2D eigenvalue weighted by Crippen LogP contribution is -2.61. The molecule has 0 bridgehead atoms. The average molecular weight is 239 g/mol. The van der Waals surface area contributed by atoms with Gasteiger partial charge in [0.15, 0.2) is 0 Å². The van der Waals surface area contributed by atoms with Crippen molar-refractivity contribution in [1.29, 1.82) is 0 Å². The number of nitrogens with zero attached hydrogens (tertiary/aromatic N) is 1. The van der Waals surface area contributed by atoms with Crippen LogP contribution in [0.2, 0.25) is 0 Å². The number of carbonyl (C=O) groups is 1. The zero-order chi connectivity index (χ0) is 12.4. The molecule has 4 heteroatoms. The van der Waals surface area contributed by atoms with Gasteiger partial charge in [0.25, 0.3) is 0 Å².